The summed E-state index contributed by atoms with van der Waals surface area (Å²) in [5.41, 5.74) is -2.93. The highest BCUT2D eigenvalue weighted by Gasteiger charge is 2.63. The van der Waals surface area contributed by atoms with E-state index in [1.165, 1.54) is 7.05 Å². The molecule has 2 aromatic rings. The zero-order valence-electron chi connectivity index (χ0n) is 16.7. The van der Waals surface area contributed by atoms with Crippen LogP contribution < -0.4 is 5.32 Å². The molecule has 1 aromatic heterocycles. The summed E-state index contributed by atoms with van der Waals surface area (Å²) in [6.07, 6.45) is -3.48. The van der Waals surface area contributed by atoms with Crippen LogP contribution in [0.2, 0.25) is 0 Å². The van der Waals surface area contributed by atoms with Crippen LogP contribution in [0, 0.1) is 11.2 Å². The van der Waals surface area contributed by atoms with E-state index in [1.807, 2.05) is 0 Å². The third kappa shape index (κ3) is 3.80. The number of halogens is 6. The second-order valence-electron chi connectivity index (χ2n) is 8.45. The lowest BCUT2D eigenvalue weighted by Crippen LogP contribution is -2.30. The number of amides is 1. The summed E-state index contributed by atoms with van der Waals surface area (Å²) < 4.78 is 84.5. The van der Waals surface area contributed by atoms with Crippen LogP contribution in [0.3, 0.4) is 0 Å². The molecule has 168 valence electrons. The molecule has 1 N–H and O–H groups in total. The predicted molar refractivity (Wildman–Crippen MR) is 100 cm³/mol. The minimum atomic E-state index is -4.49. The number of nitrogens with one attached hydrogen (secondary N) is 1. The normalized spacial score (nSPS) is 18.5. The van der Waals surface area contributed by atoms with Crippen molar-refractivity contribution in [1.82, 2.24) is 9.78 Å². The molecule has 0 bridgehead atoms. The van der Waals surface area contributed by atoms with Crippen LogP contribution in [0.15, 0.2) is 24.3 Å². The SMILES string of the molecule is Cn1nc(C(F)(F)c2ccc(F)cc2)c(C2CCC2)c1NC(=O)CC1(C(F)(F)F)CC1. The van der Waals surface area contributed by atoms with Gasteiger partial charge in [0, 0.05) is 24.6 Å². The summed E-state index contributed by atoms with van der Waals surface area (Å²) >= 11 is 0. The smallest absolute Gasteiger partial charge is 0.311 e. The minimum absolute atomic E-state index is 0.00976. The van der Waals surface area contributed by atoms with E-state index >= 15 is 8.78 Å². The van der Waals surface area contributed by atoms with Crippen LogP contribution in [-0.4, -0.2) is 21.9 Å². The molecule has 2 fully saturated rings. The summed E-state index contributed by atoms with van der Waals surface area (Å²) in [5.74, 6) is -5.41. The van der Waals surface area contributed by atoms with Gasteiger partial charge >= 0.3 is 12.1 Å². The van der Waals surface area contributed by atoms with Gasteiger partial charge < -0.3 is 5.32 Å². The van der Waals surface area contributed by atoms with Gasteiger partial charge in [-0.25, -0.2) is 4.39 Å². The Bertz CT molecular complexity index is 988. The Labute approximate surface area is 174 Å². The van der Waals surface area contributed by atoms with Gasteiger partial charge in [0.25, 0.3) is 0 Å². The number of hydrogen-bond acceptors (Lipinski definition) is 2. The number of anilines is 1. The molecular weight excluding hydrogens is 424 g/mol. The average Bonchev–Trinajstić information content (AvgIpc) is 3.35. The number of aryl methyl sites for hydroxylation is 1. The van der Waals surface area contributed by atoms with E-state index in [-0.39, 0.29) is 30.1 Å². The van der Waals surface area contributed by atoms with Crippen molar-refractivity contribution < 1.29 is 31.1 Å². The van der Waals surface area contributed by atoms with Crippen molar-refractivity contribution >= 4 is 11.7 Å². The van der Waals surface area contributed by atoms with Gasteiger partial charge in [0.05, 0.1) is 5.41 Å². The summed E-state index contributed by atoms with van der Waals surface area (Å²) in [6.45, 7) is 0. The molecule has 0 unspecified atom stereocenters. The zero-order chi connectivity index (χ0) is 22.6. The van der Waals surface area contributed by atoms with Gasteiger partial charge in [-0.05, 0) is 55.9 Å². The Hall–Kier alpha value is -2.52. The van der Waals surface area contributed by atoms with Crippen LogP contribution >= 0.6 is 0 Å². The molecule has 10 heteroatoms. The number of benzene rings is 1. The predicted octanol–water partition coefficient (Wildman–Crippen LogP) is 5.64. The Morgan fingerprint density at radius 1 is 1.16 bits per heavy atom. The summed E-state index contributed by atoms with van der Waals surface area (Å²) in [4.78, 5) is 12.4. The molecule has 31 heavy (non-hydrogen) atoms. The van der Waals surface area contributed by atoms with Crippen molar-refractivity contribution in [2.24, 2.45) is 12.5 Å². The number of aromatic nitrogens is 2. The lowest BCUT2D eigenvalue weighted by atomic mass is 9.78. The van der Waals surface area contributed by atoms with E-state index < -0.39 is 46.9 Å². The van der Waals surface area contributed by atoms with Gasteiger partial charge in [0.1, 0.15) is 17.3 Å². The number of carbonyl (C=O) groups excluding carboxylic acids is 1. The molecule has 1 amide bonds. The minimum Gasteiger partial charge on any atom is -0.311 e. The molecule has 0 atom stereocenters. The van der Waals surface area contributed by atoms with Crippen LogP contribution in [0.4, 0.5) is 32.2 Å². The monoisotopic (exact) mass is 445 g/mol. The largest absolute Gasteiger partial charge is 0.395 e. The highest BCUT2D eigenvalue weighted by molar-refractivity contribution is 5.91. The maximum atomic E-state index is 15.3. The fourth-order valence-electron chi connectivity index (χ4n) is 4.00. The quantitative estimate of drug-likeness (QED) is 0.585. The molecule has 4 nitrogen and oxygen atoms in total. The average molecular weight is 445 g/mol. The van der Waals surface area contributed by atoms with Crippen LogP contribution in [-0.2, 0) is 17.8 Å². The Morgan fingerprint density at radius 3 is 2.26 bits per heavy atom. The van der Waals surface area contributed by atoms with E-state index in [0.717, 1.165) is 35.4 Å². The Balaban J connectivity index is 1.67. The van der Waals surface area contributed by atoms with Gasteiger partial charge in [-0.1, -0.05) is 6.42 Å². The van der Waals surface area contributed by atoms with E-state index in [2.05, 4.69) is 10.4 Å². The summed E-state index contributed by atoms with van der Waals surface area (Å²) in [5, 5.41) is 6.35. The first kappa shape index (κ1) is 21.7. The van der Waals surface area contributed by atoms with Crippen molar-refractivity contribution in [1.29, 1.82) is 0 Å². The Morgan fingerprint density at radius 2 is 1.77 bits per heavy atom. The molecule has 4 rings (SSSR count). The third-order valence-corrected chi connectivity index (χ3v) is 6.31. The molecule has 2 aliphatic rings. The van der Waals surface area contributed by atoms with Crippen molar-refractivity contribution in [2.75, 3.05) is 5.32 Å². The van der Waals surface area contributed by atoms with Gasteiger partial charge in [-0.15, -0.1) is 0 Å². The number of rotatable bonds is 6. The van der Waals surface area contributed by atoms with Crippen LogP contribution in [0.1, 0.15) is 61.3 Å². The van der Waals surface area contributed by atoms with E-state index in [0.29, 0.717) is 12.8 Å². The molecular formula is C21H21F6N3O. The van der Waals surface area contributed by atoms with Gasteiger partial charge in [0.15, 0.2) is 0 Å². The third-order valence-electron chi connectivity index (χ3n) is 6.31. The Kier molecular flexibility index (Phi) is 5.09. The number of nitrogens with zero attached hydrogens (tertiary/aromatic N) is 2. The van der Waals surface area contributed by atoms with Gasteiger partial charge in [-0.2, -0.15) is 27.1 Å². The van der Waals surface area contributed by atoms with Crippen molar-refractivity contribution in [3.63, 3.8) is 0 Å². The molecule has 2 saturated carbocycles. The molecule has 0 radical (unpaired) electrons. The number of alkyl halides is 5. The van der Waals surface area contributed by atoms with Crippen molar-refractivity contribution in [3.05, 3.63) is 46.9 Å². The molecule has 1 heterocycles. The number of carbonyl (C=O) groups is 1. The van der Waals surface area contributed by atoms with E-state index in [9.17, 15) is 22.4 Å². The fourth-order valence-corrected chi connectivity index (χ4v) is 4.00. The highest BCUT2D eigenvalue weighted by atomic mass is 19.4. The lowest BCUT2D eigenvalue weighted by molar-refractivity contribution is -0.189. The molecule has 2 aliphatic carbocycles. The van der Waals surface area contributed by atoms with Crippen LogP contribution in [0.5, 0.6) is 0 Å². The standard InChI is InChI=1S/C21H21F6N3O/c1-30-18(28-15(31)11-19(9-10-19)21(25,26)27)16(12-3-2-4-12)17(29-30)20(23,24)13-5-7-14(22)8-6-13/h5-8,12H,2-4,9-11H2,1H3,(H,28,31). The van der Waals surface area contributed by atoms with E-state index in [1.54, 1.807) is 0 Å². The van der Waals surface area contributed by atoms with Crippen molar-refractivity contribution in [3.8, 4) is 0 Å². The lowest BCUT2D eigenvalue weighted by Gasteiger charge is -2.28. The van der Waals surface area contributed by atoms with Gasteiger partial charge in [-0.3, -0.25) is 9.48 Å². The topological polar surface area (TPSA) is 46.9 Å². The van der Waals surface area contributed by atoms with Gasteiger partial charge in [0.2, 0.25) is 5.91 Å². The maximum Gasteiger partial charge on any atom is 0.395 e. The van der Waals surface area contributed by atoms with E-state index in [4.69, 9.17) is 0 Å². The first-order chi connectivity index (χ1) is 14.4. The fraction of sp³-hybridized carbons (Fsp3) is 0.524. The molecule has 0 saturated heterocycles. The molecule has 1 aromatic carbocycles. The summed E-state index contributed by atoms with van der Waals surface area (Å²) in [6, 6.07) is 3.77. The van der Waals surface area contributed by atoms with Crippen molar-refractivity contribution in [2.45, 2.75) is 56.5 Å². The first-order valence-corrected chi connectivity index (χ1v) is 10.0. The second kappa shape index (κ2) is 7.27. The highest BCUT2D eigenvalue weighted by Crippen LogP contribution is 2.60. The van der Waals surface area contributed by atoms with Crippen LogP contribution in [0.25, 0.3) is 0 Å². The zero-order valence-corrected chi connectivity index (χ0v) is 16.7. The second-order valence-corrected chi connectivity index (χ2v) is 8.45. The summed E-state index contributed by atoms with van der Waals surface area (Å²) in [7, 11) is 1.36. The molecule has 0 aliphatic heterocycles. The number of hydrogen-bond donors (Lipinski definition) is 1. The maximum absolute atomic E-state index is 15.3. The molecule has 0 spiro atoms. The first-order valence-electron chi connectivity index (χ1n) is 10.0.